The maximum atomic E-state index is 13.3. The molecule has 4 rings (SSSR count). The average molecular weight is 466 g/mol. The lowest BCUT2D eigenvalue weighted by Gasteiger charge is -2.27. The minimum Gasteiger partial charge on any atom is -0.507 e. The van der Waals surface area contributed by atoms with Crippen LogP contribution >= 0.6 is 0 Å². The number of rotatable bonds is 7. The van der Waals surface area contributed by atoms with Crippen LogP contribution in [0.4, 0.5) is 0 Å². The number of carbonyl (C=O) groups is 2. The molecule has 0 saturated carbocycles. The van der Waals surface area contributed by atoms with Gasteiger partial charge < -0.3 is 24.2 Å². The molecule has 2 aliphatic rings. The molecule has 2 aromatic carbocycles. The first-order chi connectivity index (χ1) is 16.3. The van der Waals surface area contributed by atoms with E-state index in [4.69, 9.17) is 14.2 Å². The van der Waals surface area contributed by atoms with Crippen LogP contribution in [0.15, 0.2) is 48.0 Å². The Hall–Kier alpha value is -3.32. The molecule has 180 valence electrons. The number of likely N-dealkylation sites (tertiary alicyclic amines) is 1. The van der Waals surface area contributed by atoms with E-state index in [9.17, 15) is 14.7 Å². The lowest BCUT2D eigenvalue weighted by molar-refractivity contribution is -0.140. The summed E-state index contributed by atoms with van der Waals surface area (Å²) in [5, 5.41) is 11.4. The Morgan fingerprint density at radius 2 is 1.94 bits per heavy atom. The van der Waals surface area contributed by atoms with Crippen LogP contribution in [0.25, 0.3) is 5.76 Å². The first-order valence-electron chi connectivity index (χ1n) is 11.6. The van der Waals surface area contributed by atoms with E-state index in [1.165, 1.54) is 4.90 Å². The number of hydrogen-bond donors (Lipinski definition) is 1. The van der Waals surface area contributed by atoms with E-state index in [1.54, 1.807) is 38.5 Å². The van der Waals surface area contributed by atoms with Crippen molar-refractivity contribution in [2.75, 3.05) is 27.4 Å². The molecule has 0 radical (unpaired) electrons. The maximum Gasteiger partial charge on any atom is 0.295 e. The highest BCUT2D eigenvalue weighted by molar-refractivity contribution is 6.46. The summed E-state index contributed by atoms with van der Waals surface area (Å²) < 4.78 is 16.6. The van der Waals surface area contributed by atoms with Gasteiger partial charge in [-0.1, -0.05) is 26.0 Å². The molecule has 7 heteroatoms. The number of aliphatic hydroxyl groups excluding tert-OH is 1. The Balaban J connectivity index is 1.85. The fraction of sp³-hybridized carbons (Fsp3) is 0.407. The second-order valence-electron chi connectivity index (χ2n) is 8.97. The van der Waals surface area contributed by atoms with Crippen LogP contribution in [-0.4, -0.2) is 55.2 Å². The molecule has 2 aromatic rings. The van der Waals surface area contributed by atoms with Crippen molar-refractivity contribution in [2.45, 2.75) is 44.8 Å². The highest BCUT2D eigenvalue weighted by Gasteiger charge is 2.47. The van der Waals surface area contributed by atoms with Crippen molar-refractivity contribution in [1.82, 2.24) is 4.90 Å². The normalized spacial score (nSPS) is 22.0. The molecule has 2 unspecified atom stereocenters. The fourth-order valence-corrected chi connectivity index (χ4v) is 4.72. The summed E-state index contributed by atoms with van der Waals surface area (Å²) in [4.78, 5) is 28.0. The Kier molecular flexibility index (Phi) is 6.93. The Labute approximate surface area is 199 Å². The van der Waals surface area contributed by atoms with E-state index in [-0.39, 0.29) is 29.9 Å². The van der Waals surface area contributed by atoms with Crippen molar-refractivity contribution in [2.24, 2.45) is 0 Å². The number of methoxy groups -OCH3 is 2. The Morgan fingerprint density at radius 1 is 1.15 bits per heavy atom. The summed E-state index contributed by atoms with van der Waals surface area (Å²) >= 11 is 0. The topological polar surface area (TPSA) is 85.3 Å². The van der Waals surface area contributed by atoms with Gasteiger partial charge in [0.2, 0.25) is 0 Å². The molecule has 2 heterocycles. The second-order valence-corrected chi connectivity index (χ2v) is 8.97. The molecule has 0 aliphatic carbocycles. The third-order valence-corrected chi connectivity index (χ3v) is 6.50. The molecule has 7 nitrogen and oxygen atoms in total. The summed E-state index contributed by atoms with van der Waals surface area (Å²) in [6.45, 7) is 4.97. The molecule has 2 saturated heterocycles. The number of aliphatic hydroxyl groups is 1. The molecule has 2 fully saturated rings. The lowest BCUT2D eigenvalue weighted by Crippen LogP contribution is -2.36. The quantitative estimate of drug-likeness (QED) is 0.370. The van der Waals surface area contributed by atoms with Gasteiger partial charge in [-0.2, -0.15) is 0 Å². The lowest BCUT2D eigenvalue weighted by atomic mass is 9.93. The Bertz CT molecular complexity index is 1120. The van der Waals surface area contributed by atoms with Gasteiger partial charge in [-0.15, -0.1) is 0 Å². The minimum absolute atomic E-state index is 0.0659. The summed E-state index contributed by atoms with van der Waals surface area (Å²) in [5.74, 6) is -0.0986. The molecule has 1 N–H and O–H groups in total. The third-order valence-electron chi connectivity index (χ3n) is 6.50. The zero-order chi connectivity index (χ0) is 24.4. The number of carbonyl (C=O) groups excluding carboxylic acids is 2. The van der Waals surface area contributed by atoms with E-state index in [0.717, 1.165) is 18.4 Å². The van der Waals surface area contributed by atoms with Gasteiger partial charge in [0.05, 0.1) is 31.9 Å². The number of Topliss-reactive ketones (excluding diaryl/α,β-unsaturated/α-hetero) is 1. The van der Waals surface area contributed by atoms with E-state index in [1.807, 2.05) is 32.0 Å². The first-order valence-corrected chi connectivity index (χ1v) is 11.6. The summed E-state index contributed by atoms with van der Waals surface area (Å²) in [6, 6.07) is 11.8. The minimum atomic E-state index is -0.746. The van der Waals surface area contributed by atoms with Gasteiger partial charge in [0.15, 0.2) is 0 Å². The van der Waals surface area contributed by atoms with Gasteiger partial charge in [0.1, 0.15) is 17.3 Å². The highest BCUT2D eigenvalue weighted by Crippen LogP contribution is 2.41. The van der Waals surface area contributed by atoms with Crippen LogP contribution < -0.4 is 9.47 Å². The van der Waals surface area contributed by atoms with Crippen molar-refractivity contribution in [1.29, 1.82) is 0 Å². The van der Waals surface area contributed by atoms with E-state index in [0.29, 0.717) is 29.2 Å². The molecule has 0 bridgehead atoms. The molecule has 2 atom stereocenters. The van der Waals surface area contributed by atoms with Gasteiger partial charge >= 0.3 is 0 Å². The fourth-order valence-electron chi connectivity index (χ4n) is 4.72. The number of ketones is 1. The predicted octanol–water partition coefficient (Wildman–Crippen LogP) is 4.43. The van der Waals surface area contributed by atoms with Crippen molar-refractivity contribution in [3.8, 4) is 11.5 Å². The van der Waals surface area contributed by atoms with Gasteiger partial charge in [-0.3, -0.25) is 9.59 Å². The maximum absolute atomic E-state index is 13.3. The molecule has 34 heavy (non-hydrogen) atoms. The number of ether oxygens (including phenoxy) is 3. The second kappa shape index (κ2) is 9.89. The summed E-state index contributed by atoms with van der Waals surface area (Å²) in [6.07, 6.45) is 1.60. The van der Waals surface area contributed by atoms with Gasteiger partial charge in [-0.05, 0) is 60.2 Å². The van der Waals surface area contributed by atoms with Crippen molar-refractivity contribution >= 4 is 17.4 Å². The van der Waals surface area contributed by atoms with Crippen LogP contribution in [-0.2, 0) is 14.3 Å². The number of amides is 1. The number of hydrogen-bond acceptors (Lipinski definition) is 6. The first kappa shape index (κ1) is 23.8. The van der Waals surface area contributed by atoms with Crippen molar-refractivity contribution in [3.05, 3.63) is 64.7 Å². The molecule has 2 aliphatic heterocycles. The van der Waals surface area contributed by atoms with Crippen LogP contribution in [0, 0.1) is 0 Å². The molecule has 0 spiro atoms. The molecular formula is C27H31NO6. The standard InChI is InChI=1S/C27H31NO6/c1-16(2)21-14-18(10-11-22(21)33-4)25(29)23-24(17-7-5-8-19(13-17)32-3)28(27(31)26(23)30)15-20-9-6-12-34-20/h5,7-8,10-11,13-14,16,20,24,29H,6,9,12,15H2,1-4H3/b25-23-. The number of nitrogens with zero attached hydrogens (tertiary/aromatic N) is 1. The van der Waals surface area contributed by atoms with Crippen LogP contribution in [0.2, 0.25) is 0 Å². The van der Waals surface area contributed by atoms with Crippen LogP contribution in [0.3, 0.4) is 0 Å². The van der Waals surface area contributed by atoms with E-state index in [2.05, 4.69) is 0 Å². The SMILES string of the molecule is COc1cccc(C2/C(=C(/O)c3ccc(OC)c(C(C)C)c3)C(=O)C(=O)N2CC2CCCO2)c1. The largest absolute Gasteiger partial charge is 0.507 e. The number of benzene rings is 2. The summed E-state index contributed by atoms with van der Waals surface area (Å²) in [7, 11) is 3.16. The zero-order valence-electron chi connectivity index (χ0n) is 20.0. The average Bonchev–Trinajstić information content (AvgIpc) is 3.45. The Morgan fingerprint density at radius 3 is 2.59 bits per heavy atom. The third kappa shape index (κ3) is 4.40. The molecular weight excluding hydrogens is 434 g/mol. The van der Waals surface area contributed by atoms with Crippen molar-refractivity contribution < 1.29 is 28.9 Å². The predicted molar refractivity (Wildman–Crippen MR) is 128 cm³/mol. The highest BCUT2D eigenvalue weighted by atomic mass is 16.5. The van der Waals surface area contributed by atoms with Gasteiger partial charge in [0.25, 0.3) is 11.7 Å². The monoisotopic (exact) mass is 465 g/mol. The van der Waals surface area contributed by atoms with Crippen LogP contribution in [0.5, 0.6) is 11.5 Å². The zero-order valence-corrected chi connectivity index (χ0v) is 20.0. The van der Waals surface area contributed by atoms with E-state index >= 15 is 0 Å². The van der Waals surface area contributed by atoms with Gasteiger partial charge in [0, 0.05) is 18.7 Å². The van der Waals surface area contributed by atoms with Crippen LogP contribution in [0.1, 0.15) is 55.3 Å². The molecule has 0 aromatic heterocycles. The molecule has 1 amide bonds. The van der Waals surface area contributed by atoms with E-state index < -0.39 is 17.7 Å². The van der Waals surface area contributed by atoms with Gasteiger partial charge in [-0.25, -0.2) is 0 Å². The van der Waals surface area contributed by atoms with Crippen molar-refractivity contribution in [3.63, 3.8) is 0 Å². The summed E-state index contributed by atoms with van der Waals surface area (Å²) in [5.41, 5.74) is 2.12. The smallest absolute Gasteiger partial charge is 0.295 e.